The Kier molecular flexibility index (Phi) is 3.64. The molecule has 0 amide bonds. The average Bonchev–Trinajstić information content (AvgIpc) is 2.39. The first-order valence-electron chi connectivity index (χ1n) is 5.60. The first-order valence-corrected chi connectivity index (χ1v) is 5.60. The van der Waals surface area contributed by atoms with Gasteiger partial charge >= 0.3 is 6.18 Å². The smallest absolute Gasteiger partial charge is 0.264 e. The van der Waals surface area contributed by atoms with Gasteiger partial charge in [0, 0.05) is 23.7 Å². The van der Waals surface area contributed by atoms with Gasteiger partial charge in [0.2, 0.25) is 0 Å². The Morgan fingerprint density at radius 3 is 2.47 bits per heavy atom. The summed E-state index contributed by atoms with van der Waals surface area (Å²) in [6, 6.07) is 8.72. The van der Waals surface area contributed by atoms with E-state index in [4.69, 9.17) is 0 Å². The van der Waals surface area contributed by atoms with Crippen molar-refractivity contribution < 1.29 is 13.2 Å². The lowest BCUT2D eigenvalue weighted by molar-refractivity contribution is -0.137. The molecule has 0 saturated carbocycles. The van der Waals surface area contributed by atoms with Gasteiger partial charge in [-0.1, -0.05) is 18.2 Å². The Balaban J connectivity index is 2.44. The zero-order valence-electron chi connectivity index (χ0n) is 10.1. The van der Waals surface area contributed by atoms with E-state index in [1.165, 1.54) is 18.2 Å². The quantitative estimate of drug-likeness (QED) is 0.745. The van der Waals surface area contributed by atoms with E-state index in [2.05, 4.69) is 9.98 Å². The van der Waals surface area contributed by atoms with E-state index in [-0.39, 0.29) is 5.69 Å². The summed E-state index contributed by atoms with van der Waals surface area (Å²) < 4.78 is 38.5. The second-order valence-corrected chi connectivity index (χ2v) is 3.95. The number of aromatic nitrogens is 1. The highest BCUT2D eigenvalue weighted by atomic mass is 19.4. The minimum absolute atomic E-state index is 0.0867. The Morgan fingerprint density at radius 2 is 1.84 bits per heavy atom. The third-order valence-electron chi connectivity index (χ3n) is 2.58. The molecule has 2 aromatic rings. The molecule has 0 radical (unpaired) electrons. The number of nitrogens with zero attached hydrogens (tertiary/aromatic N) is 2. The van der Waals surface area contributed by atoms with Crippen molar-refractivity contribution in [2.45, 2.75) is 13.1 Å². The van der Waals surface area contributed by atoms with Crippen LogP contribution in [0.1, 0.15) is 18.1 Å². The summed E-state index contributed by atoms with van der Waals surface area (Å²) in [7, 11) is 0. The monoisotopic (exact) mass is 264 g/mol. The molecule has 1 aromatic heterocycles. The second kappa shape index (κ2) is 5.22. The first-order chi connectivity index (χ1) is 8.98. The van der Waals surface area contributed by atoms with Crippen molar-refractivity contribution in [3.8, 4) is 0 Å². The Hall–Kier alpha value is -2.17. The molecule has 0 aliphatic carbocycles. The fourth-order valence-electron chi connectivity index (χ4n) is 1.63. The molecule has 0 saturated heterocycles. The Bertz CT molecular complexity index is 589. The average molecular weight is 264 g/mol. The molecule has 0 aliphatic heterocycles. The van der Waals surface area contributed by atoms with E-state index >= 15 is 0 Å². The maximum atomic E-state index is 12.8. The number of benzene rings is 1. The SMILES string of the molecule is CC(=Nc1ccccc1C(F)(F)F)c1cccnc1. The van der Waals surface area contributed by atoms with Crippen molar-refractivity contribution >= 4 is 11.4 Å². The van der Waals surface area contributed by atoms with Crippen LogP contribution in [-0.4, -0.2) is 10.7 Å². The molecule has 0 atom stereocenters. The van der Waals surface area contributed by atoms with Crippen molar-refractivity contribution in [1.29, 1.82) is 0 Å². The zero-order chi connectivity index (χ0) is 13.9. The van der Waals surface area contributed by atoms with Crippen LogP contribution in [0.2, 0.25) is 0 Å². The van der Waals surface area contributed by atoms with Crippen LogP contribution in [0.3, 0.4) is 0 Å². The number of rotatable bonds is 2. The van der Waals surface area contributed by atoms with Gasteiger partial charge in [0.05, 0.1) is 11.3 Å². The molecular formula is C14H11F3N2. The number of hydrogen-bond acceptors (Lipinski definition) is 2. The van der Waals surface area contributed by atoms with E-state index in [0.29, 0.717) is 11.3 Å². The molecule has 0 N–H and O–H groups in total. The van der Waals surface area contributed by atoms with Crippen molar-refractivity contribution in [1.82, 2.24) is 4.98 Å². The van der Waals surface area contributed by atoms with Gasteiger partial charge in [0.15, 0.2) is 0 Å². The van der Waals surface area contributed by atoms with Gasteiger partial charge in [-0.15, -0.1) is 0 Å². The summed E-state index contributed by atoms with van der Waals surface area (Å²) >= 11 is 0. The van der Waals surface area contributed by atoms with Crippen molar-refractivity contribution in [2.24, 2.45) is 4.99 Å². The standard InChI is InChI=1S/C14H11F3N2/c1-10(11-5-4-8-18-9-11)19-13-7-3-2-6-12(13)14(15,16)17/h2-9H,1H3. The molecule has 0 bridgehead atoms. The zero-order valence-corrected chi connectivity index (χ0v) is 10.1. The third-order valence-corrected chi connectivity index (χ3v) is 2.58. The Labute approximate surface area is 108 Å². The molecule has 0 unspecified atom stereocenters. The lowest BCUT2D eigenvalue weighted by Crippen LogP contribution is -2.05. The van der Waals surface area contributed by atoms with Gasteiger partial charge < -0.3 is 0 Å². The van der Waals surface area contributed by atoms with E-state index in [1.54, 1.807) is 31.5 Å². The van der Waals surface area contributed by atoms with Crippen LogP contribution < -0.4 is 0 Å². The predicted octanol–water partition coefficient (Wildman–Crippen LogP) is 4.24. The molecule has 1 aromatic carbocycles. The van der Waals surface area contributed by atoms with Crippen molar-refractivity contribution in [2.75, 3.05) is 0 Å². The highest BCUT2D eigenvalue weighted by Crippen LogP contribution is 2.36. The van der Waals surface area contributed by atoms with Gasteiger partial charge in [0.1, 0.15) is 0 Å². The molecule has 2 rings (SSSR count). The maximum Gasteiger partial charge on any atom is 0.418 e. The summed E-state index contributed by atoms with van der Waals surface area (Å²) in [6.45, 7) is 1.66. The number of pyridine rings is 1. The summed E-state index contributed by atoms with van der Waals surface area (Å²) in [5, 5.41) is 0. The summed E-state index contributed by atoms with van der Waals surface area (Å²) in [5.41, 5.74) is 0.360. The van der Waals surface area contributed by atoms with Crippen LogP contribution in [0.4, 0.5) is 18.9 Å². The van der Waals surface area contributed by atoms with Crippen LogP contribution in [0.5, 0.6) is 0 Å². The molecule has 98 valence electrons. The van der Waals surface area contributed by atoms with E-state index in [1.807, 2.05) is 0 Å². The summed E-state index contributed by atoms with van der Waals surface area (Å²) in [6.07, 6.45) is -1.25. The molecule has 0 spiro atoms. The summed E-state index contributed by atoms with van der Waals surface area (Å²) in [4.78, 5) is 7.97. The minimum atomic E-state index is -4.41. The number of alkyl halides is 3. The molecule has 19 heavy (non-hydrogen) atoms. The van der Waals surface area contributed by atoms with Gasteiger partial charge in [-0.25, -0.2) is 0 Å². The van der Waals surface area contributed by atoms with E-state index in [9.17, 15) is 13.2 Å². The Morgan fingerprint density at radius 1 is 1.11 bits per heavy atom. The van der Waals surface area contributed by atoms with Crippen LogP contribution >= 0.6 is 0 Å². The topological polar surface area (TPSA) is 25.2 Å². The second-order valence-electron chi connectivity index (χ2n) is 3.95. The molecule has 0 aliphatic rings. The number of halogens is 3. The maximum absolute atomic E-state index is 12.8. The lowest BCUT2D eigenvalue weighted by Gasteiger charge is -2.10. The van der Waals surface area contributed by atoms with Gasteiger partial charge in [0.25, 0.3) is 0 Å². The lowest BCUT2D eigenvalue weighted by atomic mass is 10.1. The third kappa shape index (κ3) is 3.19. The van der Waals surface area contributed by atoms with Crippen LogP contribution in [-0.2, 0) is 6.18 Å². The molecular weight excluding hydrogens is 253 g/mol. The first kappa shape index (κ1) is 13.3. The van der Waals surface area contributed by atoms with Crippen LogP contribution in [0.15, 0.2) is 53.8 Å². The van der Waals surface area contributed by atoms with Gasteiger partial charge in [-0.3, -0.25) is 9.98 Å². The molecule has 2 nitrogen and oxygen atoms in total. The normalized spacial score (nSPS) is 12.5. The van der Waals surface area contributed by atoms with Gasteiger partial charge in [-0.2, -0.15) is 13.2 Å². The van der Waals surface area contributed by atoms with Crippen molar-refractivity contribution in [3.63, 3.8) is 0 Å². The molecule has 0 fully saturated rings. The van der Waals surface area contributed by atoms with E-state index < -0.39 is 11.7 Å². The van der Waals surface area contributed by atoms with Gasteiger partial charge in [-0.05, 0) is 25.1 Å². The highest BCUT2D eigenvalue weighted by Gasteiger charge is 2.33. The van der Waals surface area contributed by atoms with Crippen LogP contribution in [0, 0.1) is 0 Å². The number of aliphatic imine (C=N–C) groups is 1. The summed E-state index contributed by atoms with van der Waals surface area (Å²) in [5.74, 6) is 0. The van der Waals surface area contributed by atoms with Crippen molar-refractivity contribution in [3.05, 3.63) is 59.9 Å². The number of hydrogen-bond donors (Lipinski definition) is 0. The number of para-hydroxylation sites is 1. The fraction of sp³-hybridized carbons (Fsp3) is 0.143. The van der Waals surface area contributed by atoms with Crippen LogP contribution in [0.25, 0.3) is 0 Å². The van der Waals surface area contributed by atoms with E-state index in [0.717, 1.165) is 6.07 Å². The minimum Gasteiger partial charge on any atom is -0.264 e. The fourth-order valence-corrected chi connectivity index (χ4v) is 1.63. The molecule has 1 heterocycles. The largest absolute Gasteiger partial charge is 0.418 e. The highest BCUT2D eigenvalue weighted by molar-refractivity contribution is 6.00. The molecule has 5 heteroatoms. The predicted molar refractivity (Wildman–Crippen MR) is 67.6 cm³/mol.